The summed E-state index contributed by atoms with van der Waals surface area (Å²) in [6, 6.07) is 13.1. The van der Waals surface area contributed by atoms with Crippen molar-refractivity contribution >= 4 is 11.6 Å². The lowest BCUT2D eigenvalue weighted by Crippen LogP contribution is -2.44. The van der Waals surface area contributed by atoms with Crippen molar-refractivity contribution in [3.8, 4) is 11.5 Å². The van der Waals surface area contributed by atoms with Crippen molar-refractivity contribution in [2.45, 2.75) is 6.17 Å². The van der Waals surface area contributed by atoms with Crippen LogP contribution in [0, 0.1) is 0 Å². The summed E-state index contributed by atoms with van der Waals surface area (Å²) in [4.78, 5) is 14.7. The Kier molecular flexibility index (Phi) is 5.09. The van der Waals surface area contributed by atoms with Crippen LogP contribution in [0.3, 0.4) is 0 Å². The number of hydrogen-bond donors (Lipinski definition) is 1. The average molecular weight is 342 g/mol. The largest absolute Gasteiger partial charge is 0.497 e. The lowest BCUT2D eigenvalue weighted by molar-refractivity contribution is 0.0609. The molecule has 0 spiro atoms. The second kappa shape index (κ2) is 7.44. The van der Waals surface area contributed by atoms with Gasteiger partial charge in [-0.15, -0.1) is 0 Å². The minimum absolute atomic E-state index is 0.0295. The van der Waals surface area contributed by atoms with Gasteiger partial charge in [0, 0.05) is 31.0 Å². The van der Waals surface area contributed by atoms with E-state index in [1.807, 2.05) is 42.5 Å². The van der Waals surface area contributed by atoms with E-state index >= 15 is 0 Å². The van der Waals surface area contributed by atoms with Crippen LogP contribution in [0.1, 0.15) is 22.1 Å². The van der Waals surface area contributed by atoms with Crippen molar-refractivity contribution in [3.05, 3.63) is 53.6 Å². The lowest BCUT2D eigenvalue weighted by Gasteiger charge is -2.38. The zero-order valence-corrected chi connectivity index (χ0v) is 14.6. The van der Waals surface area contributed by atoms with Gasteiger partial charge >= 0.3 is 0 Å². The molecule has 3 rings (SSSR count). The molecule has 1 heterocycles. The van der Waals surface area contributed by atoms with E-state index in [0.29, 0.717) is 30.2 Å². The fourth-order valence-electron chi connectivity index (χ4n) is 2.96. The Hall–Kier alpha value is -2.73. The Morgan fingerprint density at radius 1 is 1.04 bits per heavy atom. The van der Waals surface area contributed by atoms with Crippen molar-refractivity contribution < 1.29 is 19.0 Å². The first-order valence-corrected chi connectivity index (χ1v) is 8.06. The van der Waals surface area contributed by atoms with E-state index in [9.17, 15) is 4.79 Å². The van der Waals surface area contributed by atoms with E-state index < -0.39 is 0 Å². The maximum Gasteiger partial charge on any atom is 0.257 e. The number of hydrogen-bond acceptors (Lipinski definition) is 5. The van der Waals surface area contributed by atoms with Crippen molar-refractivity contribution in [2.75, 3.05) is 39.8 Å². The number of ether oxygens (including phenoxy) is 3. The molecular weight excluding hydrogens is 320 g/mol. The van der Waals surface area contributed by atoms with Crippen LogP contribution < -0.4 is 14.8 Å². The van der Waals surface area contributed by atoms with Gasteiger partial charge in [-0.05, 0) is 24.3 Å². The first-order valence-electron chi connectivity index (χ1n) is 8.06. The summed E-state index contributed by atoms with van der Waals surface area (Å²) in [5, 5.41) is 3.44. The standard InChI is InChI=1S/C19H22N2O4/c1-23-9-8-21-18(13-10-14(24-2)12-15(11-13)25-3)20-17-7-5-4-6-16(17)19(21)22/h4-7,10-12,18,20H,8-9H2,1-3H3/t18-/m1/s1. The van der Waals surface area contributed by atoms with Crippen LogP contribution in [0.5, 0.6) is 11.5 Å². The summed E-state index contributed by atoms with van der Waals surface area (Å²) in [7, 11) is 4.84. The summed E-state index contributed by atoms with van der Waals surface area (Å²) in [5.41, 5.74) is 2.35. The fourth-order valence-corrected chi connectivity index (χ4v) is 2.96. The topological polar surface area (TPSA) is 60.0 Å². The Morgan fingerprint density at radius 2 is 1.72 bits per heavy atom. The number of benzene rings is 2. The van der Waals surface area contributed by atoms with Crippen LogP contribution >= 0.6 is 0 Å². The number of nitrogens with zero attached hydrogens (tertiary/aromatic N) is 1. The normalized spacial score (nSPS) is 16.2. The second-order valence-electron chi connectivity index (χ2n) is 5.73. The van der Waals surface area contributed by atoms with Gasteiger partial charge in [0.05, 0.1) is 26.4 Å². The average Bonchev–Trinajstić information content (AvgIpc) is 2.66. The number of amides is 1. The van der Waals surface area contributed by atoms with Crippen LogP contribution in [0.2, 0.25) is 0 Å². The van der Waals surface area contributed by atoms with Crippen molar-refractivity contribution in [2.24, 2.45) is 0 Å². The first kappa shape index (κ1) is 17.1. The summed E-state index contributed by atoms with van der Waals surface area (Å²) < 4.78 is 15.9. The highest BCUT2D eigenvalue weighted by Gasteiger charge is 2.33. The molecule has 2 aromatic rings. The molecule has 1 aliphatic rings. The molecule has 6 heteroatoms. The molecule has 0 saturated carbocycles. The van der Waals surface area contributed by atoms with Gasteiger partial charge in [0.15, 0.2) is 0 Å². The lowest BCUT2D eigenvalue weighted by atomic mass is 10.0. The second-order valence-corrected chi connectivity index (χ2v) is 5.73. The number of carbonyl (C=O) groups excluding carboxylic acids is 1. The molecule has 2 aromatic carbocycles. The Morgan fingerprint density at radius 3 is 2.36 bits per heavy atom. The minimum Gasteiger partial charge on any atom is -0.497 e. The molecule has 0 fully saturated rings. The minimum atomic E-state index is -0.332. The van der Waals surface area contributed by atoms with Crippen LogP contribution in [-0.2, 0) is 4.74 Å². The van der Waals surface area contributed by atoms with Gasteiger partial charge in [0.25, 0.3) is 5.91 Å². The number of nitrogens with one attached hydrogen (secondary N) is 1. The number of para-hydroxylation sites is 1. The first-order chi connectivity index (χ1) is 12.2. The van der Waals surface area contributed by atoms with Gasteiger partial charge < -0.3 is 24.4 Å². The van der Waals surface area contributed by atoms with Gasteiger partial charge in [-0.25, -0.2) is 0 Å². The molecule has 132 valence electrons. The monoisotopic (exact) mass is 342 g/mol. The molecule has 0 aromatic heterocycles. The molecule has 0 unspecified atom stereocenters. The summed E-state index contributed by atoms with van der Waals surface area (Å²) in [5.74, 6) is 1.32. The third-order valence-corrected chi connectivity index (χ3v) is 4.25. The Labute approximate surface area is 147 Å². The predicted octanol–water partition coefficient (Wildman–Crippen LogP) is 2.92. The van der Waals surface area contributed by atoms with Crippen molar-refractivity contribution in [1.82, 2.24) is 4.90 Å². The van der Waals surface area contributed by atoms with Crippen molar-refractivity contribution in [3.63, 3.8) is 0 Å². The van der Waals surface area contributed by atoms with Crippen LogP contribution in [0.25, 0.3) is 0 Å². The SMILES string of the molecule is COCCN1C(=O)c2ccccc2N[C@H]1c1cc(OC)cc(OC)c1. The Bertz CT molecular complexity index is 741. The molecule has 1 amide bonds. The Balaban J connectivity index is 2.04. The number of carbonyl (C=O) groups is 1. The van der Waals surface area contributed by atoms with E-state index in [2.05, 4.69) is 5.32 Å². The van der Waals surface area contributed by atoms with Gasteiger partial charge in [-0.3, -0.25) is 4.79 Å². The van der Waals surface area contributed by atoms with E-state index in [1.54, 1.807) is 26.2 Å². The van der Waals surface area contributed by atoms with Crippen LogP contribution in [0.15, 0.2) is 42.5 Å². The van der Waals surface area contributed by atoms with Crippen LogP contribution in [-0.4, -0.2) is 45.3 Å². The molecule has 0 radical (unpaired) electrons. The molecular formula is C19H22N2O4. The quantitative estimate of drug-likeness (QED) is 0.875. The van der Waals surface area contributed by atoms with Gasteiger partial charge in [0.2, 0.25) is 0 Å². The van der Waals surface area contributed by atoms with Crippen LogP contribution in [0.4, 0.5) is 5.69 Å². The van der Waals surface area contributed by atoms with Gasteiger partial charge in [0.1, 0.15) is 17.7 Å². The molecule has 1 aliphatic heterocycles. The van der Waals surface area contributed by atoms with E-state index in [0.717, 1.165) is 11.3 Å². The third kappa shape index (κ3) is 3.39. The maximum absolute atomic E-state index is 13.0. The van der Waals surface area contributed by atoms with Gasteiger partial charge in [-0.2, -0.15) is 0 Å². The molecule has 0 aliphatic carbocycles. The van der Waals surface area contributed by atoms with E-state index in [4.69, 9.17) is 14.2 Å². The molecule has 1 atom stereocenters. The highest BCUT2D eigenvalue weighted by atomic mass is 16.5. The van der Waals surface area contributed by atoms with Crippen molar-refractivity contribution in [1.29, 1.82) is 0 Å². The van der Waals surface area contributed by atoms with E-state index in [-0.39, 0.29) is 12.1 Å². The number of methoxy groups -OCH3 is 3. The third-order valence-electron chi connectivity index (χ3n) is 4.25. The summed E-state index contributed by atoms with van der Waals surface area (Å²) in [6.45, 7) is 0.925. The molecule has 0 bridgehead atoms. The molecule has 6 nitrogen and oxygen atoms in total. The number of anilines is 1. The highest BCUT2D eigenvalue weighted by Crippen LogP contribution is 2.35. The highest BCUT2D eigenvalue weighted by molar-refractivity contribution is 6.01. The fraction of sp³-hybridized carbons (Fsp3) is 0.316. The molecule has 1 N–H and O–H groups in total. The van der Waals surface area contributed by atoms with E-state index in [1.165, 1.54) is 0 Å². The summed E-state index contributed by atoms with van der Waals surface area (Å²) in [6.07, 6.45) is -0.332. The summed E-state index contributed by atoms with van der Waals surface area (Å²) >= 11 is 0. The number of rotatable bonds is 6. The zero-order chi connectivity index (χ0) is 17.8. The molecule has 25 heavy (non-hydrogen) atoms. The number of fused-ring (bicyclic) bond motifs is 1. The zero-order valence-electron chi connectivity index (χ0n) is 14.6. The predicted molar refractivity (Wildman–Crippen MR) is 95.3 cm³/mol. The maximum atomic E-state index is 13.0. The van der Waals surface area contributed by atoms with Gasteiger partial charge in [-0.1, -0.05) is 12.1 Å². The smallest absolute Gasteiger partial charge is 0.257 e. The molecule has 0 saturated heterocycles.